The third kappa shape index (κ3) is 2.55. The van der Waals surface area contributed by atoms with E-state index in [0.717, 1.165) is 30.1 Å². The minimum absolute atomic E-state index is 0.637. The van der Waals surface area contributed by atoms with Gasteiger partial charge in [-0.1, -0.05) is 13.3 Å². The molecule has 1 saturated carbocycles. The fraction of sp³-hybridized carbons (Fsp3) is 0.643. The van der Waals surface area contributed by atoms with Gasteiger partial charge in [-0.25, -0.2) is 4.98 Å². The van der Waals surface area contributed by atoms with Crippen LogP contribution in [0.4, 0.5) is 11.8 Å². The van der Waals surface area contributed by atoms with Crippen LogP contribution >= 0.6 is 0 Å². The number of aromatic nitrogens is 4. The maximum atomic E-state index is 4.71. The SMILES string of the molecule is CCCCN(c1nc(NCC)nc2nc[nH]c12)C1CC1. The summed E-state index contributed by atoms with van der Waals surface area (Å²) in [6.45, 7) is 6.14. The summed E-state index contributed by atoms with van der Waals surface area (Å²) in [7, 11) is 0. The van der Waals surface area contributed by atoms with E-state index in [1.54, 1.807) is 6.33 Å². The topological polar surface area (TPSA) is 69.7 Å². The fourth-order valence-electron chi connectivity index (χ4n) is 2.44. The van der Waals surface area contributed by atoms with E-state index in [1.165, 1.54) is 25.7 Å². The summed E-state index contributed by atoms with van der Waals surface area (Å²) in [6, 6.07) is 0.637. The maximum absolute atomic E-state index is 4.71. The van der Waals surface area contributed by atoms with Gasteiger partial charge in [-0.3, -0.25) is 0 Å². The first-order valence-corrected chi connectivity index (χ1v) is 7.55. The minimum atomic E-state index is 0.637. The predicted molar refractivity (Wildman–Crippen MR) is 81.1 cm³/mol. The van der Waals surface area contributed by atoms with Crippen molar-refractivity contribution in [2.24, 2.45) is 0 Å². The molecule has 6 nitrogen and oxygen atoms in total. The second-order valence-corrected chi connectivity index (χ2v) is 5.28. The smallest absolute Gasteiger partial charge is 0.226 e. The first-order chi connectivity index (χ1) is 9.83. The summed E-state index contributed by atoms with van der Waals surface area (Å²) >= 11 is 0. The normalized spacial score (nSPS) is 14.7. The van der Waals surface area contributed by atoms with Crippen molar-refractivity contribution in [1.29, 1.82) is 0 Å². The van der Waals surface area contributed by atoms with Crippen LogP contribution in [0, 0.1) is 0 Å². The van der Waals surface area contributed by atoms with Crippen LogP contribution in [0.3, 0.4) is 0 Å². The average Bonchev–Trinajstić information content (AvgIpc) is 3.17. The van der Waals surface area contributed by atoms with Crippen LogP contribution in [-0.4, -0.2) is 39.1 Å². The lowest BCUT2D eigenvalue weighted by Crippen LogP contribution is -2.28. The van der Waals surface area contributed by atoms with Gasteiger partial charge in [0, 0.05) is 19.1 Å². The van der Waals surface area contributed by atoms with Gasteiger partial charge in [-0.2, -0.15) is 9.97 Å². The number of H-pyrrole nitrogens is 1. The number of hydrogen-bond acceptors (Lipinski definition) is 5. The first kappa shape index (κ1) is 13.1. The fourth-order valence-corrected chi connectivity index (χ4v) is 2.44. The van der Waals surface area contributed by atoms with Crippen molar-refractivity contribution in [3.63, 3.8) is 0 Å². The number of nitrogens with zero attached hydrogens (tertiary/aromatic N) is 4. The van der Waals surface area contributed by atoms with Gasteiger partial charge in [0.15, 0.2) is 11.5 Å². The van der Waals surface area contributed by atoms with Gasteiger partial charge in [0.1, 0.15) is 5.52 Å². The molecule has 3 rings (SSSR count). The largest absolute Gasteiger partial charge is 0.354 e. The van der Waals surface area contributed by atoms with Crippen LogP contribution in [0.2, 0.25) is 0 Å². The zero-order chi connectivity index (χ0) is 13.9. The lowest BCUT2D eigenvalue weighted by Gasteiger charge is -2.24. The van der Waals surface area contributed by atoms with Gasteiger partial charge >= 0.3 is 0 Å². The summed E-state index contributed by atoms with van der Waals surface area (Å²) in [5, 5.41) is 3.20. The Morgan fingerprint density at radius 3 is 2.90 bits per heavy atom. The number of hydrogen-bond donors (Lipinski definition) is 2. The monoisotopic (exact) mass is 274 g/mol. The molecule has 0 bridgehead atoms. The van der Waals surface area contributed by atoms with Gasteiger partial charge in [0.05, 0.1) is 6.33 Å². The molecule has 0 aromatic carbocycles. The summed E-state index contributed by atoms with van der Waals surface area (Å²) in [6.07, 6.45) is 6.61. The molecular formula is C14H22N6. The van der Waals surface area contributed by atoms with Gasteiger partial charge in [-0.05, 0) is 26.2 Å². The maximum Gasteiger partial charge on any atom is 0.226 e. The molecule has 0 spiro atoms. The third-order valence-corrected chi connectivity index (χ3v) is 3.61. The lowest BCUT2D eigenvalue weighted by atomic mass is 10.3. The Balaban J connectivity index is 1.99. The van der Waals surface area contributed by atoms with E-state index in [-0.39, 0.29) is 0 Å². The highest BCUT2D eigenvalue weighted by Gasteiger charge is 2.31. The minimum Gasteiger partial charge on any atom is -0.354 e. The molecule has 2 heterocycles. The van der Waals surface area contributed by atoms with Crippen LogP contribution in [0.15, 0.2) is 6.33 Å². The Morgan fingerprint density at radius 1 is 1.35 bits per heavy atom. The average molecular weight is 274 g/mol. The zero-order valence-corrected chi connectivity index (χ0v) is 12.2. The van der Waals surface area contributed by atoms with Gasteiger partial charge in [0.2, 0.25) is 5.95 Å². The van der Waals surface area contributed by atoms with Crippen molar-refractivity contribution < 1.29 is 0 Å². The molecule has 108 valence electrons. The van der Waals surface area contributed by atoms with Crippen molar-refractivity contribution in [2.45, 2.75) is 45.6 Å². The molecule has 2 aromatic rings. The van der Waals surface area contributed by atoms with Crippen molar-refractivity contribution in [3.8, 4) is 0 Å². The lowest BCUT2D eigenvalue weighted by molar-refractivity contribution is 0.706. The molecule has 6 heteroatoms. The Morgan fingerprint density at radius 2 is 2.20 bits per heavy atom. The molecule has 0 amide bonds. The van der Waals surface area contributed by atoms with Crippen molar-refractivity contribution >= 4 is 22.9 Å². The molecule has 0 saturated heterocycles. The highest BCUT2D eigenvalue weighted by atomic mass is 15.3. The van der Waals surface area contributed by atoms with Gasteiger partial charge in [-0.15, -0.1) is 0 Å². The van der Waals surface area contributed by atoms with E-state index in [4.69, 9.17) is 4.98 Å². The van der Waals surface area contributed by atoms with E-state index in [9.17, 15) is 0 Å². The molecule has 0 unspecified atom stereocenters. The Kier molecular flexibility index (Phi) is 3.71. The van der Waals surface area contributed by atoms with Crippen LogP contribution in [0.5, 0.6) is 0 Å². The standard InChI is InChI=1S/C14H22N6/c1-3-5-8-20(10-6-7-10)13-11-12(17-9-16-11)18-14(19-13)15-4-2/h9-10H,3-8H2,1-2H3,(H2,15,16,17,18,19). The number of nitrogens with one attached hydrogen (secondary N) is 2. The van der Waals surface area contributed by atoms with Crippen LogP contribution in [0.1, 0.15) is 39.5 Å². The van der Waals surface area contributed by atoms with E-state index in [2.05, 4.69) is 32.1 Å². The molecular weight excluding hydrogens is 252 g/mol. The van der Waals surface area contributed by atoms with Crippen molar-refractivity contribution in [1.82, 2.24) is 19.9 Å². The predicted octanol–water partition coefficient (Wildman–Crippen LogP) is 2.55. The van der Waals surface area contributed by atoms with E-state index in [1.807, 2.05) is 6.92 Å². The summed E-state index contributed by atoms with van der Waals surface area (Å²) in [4.78, 5) is 19.1. The molecule has 0 aliphatic heterocycles. The molecule has 1 aliphatic rings. The Labute approximate surface area is 119 Å². The molecule has 2 N–H and O–H groups in total. The summed E-state index contributed by atoms with van der Waals surface area (Å²) in [5.74, 6) is 1.67. The second-order valence-electron chi connectivity index (χ2n) is 5.28. The van der Waals surface area contributed by atoms with Crippen LogP contribution < -0.4 is 10.2 Å². The number of anilines is 2. The van der Waals surface area contributed by atoms with E-state index >= 15 is 0 Å². The van der Waals surface area contributed by atoms with Crippen LogP contribution in [-0.2, 0) is 0 Å². The quantitative estimate of drug-likeness (QED) is 0.812. The molecule has 0 radical (unpaired) electrons. The molecule has 0 atom stereocenters. The van der Waals surface area contributed by atoms with E-state index < -0.39 is 0 Å². The number of imidazole rings is 1. The molecule has 2 aromatic heterocycles. The van der Waals surface area contributed by atoms with Crippen LogP contribution in [0.25, 0.3) is 11.2 Å². The highest BCUT2D eigenvalue weighted by molar-refractivity contribution is 5.84. The van der Waals surface area contributed by atoms with E-state index in [0.29, 0.717) is 12.0 Å². The number of aromatic amines is 1. The number of unbranched alkanes of at least 4 members (excludes halogenated alkanes) is 1. The summed E-state index contributed by atoms with van der Waals surface area (Å²) < 4.78 is 0. The Hall–Kier alpha value is -1.85. The molecule has 1 fully saturated rings. The molecule has 1 aliphatic carbocycles. The zero-order valence-electron chi connectivity index (χ0n) is 12.2. The Bertz CT molecular complexity index is 574. The first-order valence-electron chi connectivity index (χ1n) is 7.55. The highest BCUT2D eigenvalue weighted by Crippen LogP contribution is 2.34. The number of fused-ring (bicyclic) bond motifs is 1. The molecule has 20 heavy (non-hydrogen) atoms. The van der Waals surface area contributed by atoms with Crippen molar-refractivity contribution in [3.05, 3.63) is 6.33 Å². The van der Waals surface area contributed by atoms with Gasteiger partial charge in [0.25, 0.3) is 0 Å². The van der Waals surface area contributed by atoms with Gasteiger partial charge < -0.3 is 15.2 Å². The second kappa shape index (κ2) is 5.64. The third-order valence-electron chi connectivity index (χ3n) is 3.61. The van der Waals surface area contributed by atoms with Crippen molar-refractivity contribution in [2.75, 3.05) is 23.3 Å². The number of rotatable bonds is 7. The summed E-state index contributed by atoms with van der Waals surface area (Å²) in [5.41, 5.74) is 1.70.